The molecule has 0 saturated heterocycles. The van der Waals surface area contributed by atoms with E-state index in [-0.39, 0.29) is 5.75 Å². The van der Waals surface area contributed by atoms with Gasteiger partial charge in [-0.05, 0) is 17.7 Å². The smallest absolute Gasteiger partial charge is 0.123 e. The van der Waals surface area contributed by atoms with Crippen molar-refractivity contribution in [3.63, 3.8) is 0 Å². The van der Waals surface area contributed by atoms with E-state index in [9.17, 15) is 5.11 Å². The van der Waals surface area contributed by atoms with Crippen LogP contribution in [0.2, 0.25) is 0 Å². The minimum absolute atomic E-state index is 0.255. The zero-order valence-electron chi connectivity index (χ0n) is 9.67. The predicted octanol–water partition coefficient (Wildman–Crippen LogP) is 3.60. The molecule has 0 heterocycles. The maximum absolute atomic E-state index is 9.73. The lowest BCUT2D eigenvalue weighted by atomic mass is 10.0. The summed E-state index contributed by atoms with van der Waals surface area (Å²) >= 11 is 0. The van der Waals surface area contributed by atoms with E-state index in [4.69, 9.17) is 5.53 Å². The molecule has 0 bridgehead atoms. The molecule has 0 aliphatic heterocycles. The summed E-state index contributed by atoms with van der Waals surface area (Å²) < 4.78 is 0. The third-order valence-electron chi connectivity index (χ3n) is 2.52. The molecule has 0 spiro atoms. The molecule has 0 aromatic heterocycles. The van der Waals surface area contributed by atoms with Crippen molar-refractivity contribution in [2.45, 2.75) is 6.42 Å². The van der Waals surface area contributed by atoms with Crippen molar-refractivity contribution in [1.29, 1.82) is 0 Å². The molecule has 0 aliphatic rings. The van der Waals surface area contributed by atoms with E-state index in [2.05, 4.69) is 21.9 Å². The first-order valence-corrected chi connectivity index (χ1v) is 5.53. The highest BCUT2D eigenvalue weighted by molar-refractivity contribution is 5.92. The molecule has 2 aromatic rings. The van der Waals surface area contributed by atoms with Crippen LogP contribution in [0, 0.1) is 11.8 Å². The standard InChI is InChI=1S/C14H11N3O/c15-17-16-10-4-3-5-11-8-9-14(18)13-7-2-1-6-12(11)13/h1-2,6-9,18H,4,10H2. The molecule has 1 N–H and O–H groups in total. The van der Waals surface area contributed by atoms with E-state index in [0.29, 0.717) is 13.0 Å². The molecular formula is C14H11N3O. The third kappa shape index (κ3) is 2.54. The van der Waals surface area contributed by atoms with Crippen LogP contribution in [0.5, 0.6) is 5.75 Å². The number of fused-ring (bicyclic) bond motifs is 1. The minimum Gasteiger partial charge on any atom is -0.507 e. The second-order valence-electron chi connectivity index (χ2n) is 3.68. The highest BCUT2D eigenvalue weighted by atomic mass is 16.3. The first kappa shape index (κ1) is 11.8. The summed E-state index contributed by atoms with van der Waals surface area (Å²) in [6, 6.07) is 11.0. The lowest BCUT2D eigenvalue weighted by molar-refractivity contribution is 0.481. The Morgan fingerprint density at radius 3 is 2.72 bits per heavy atom. The van der Waals surface area contributed by atoms with E-state index in [1.165, 1.54) is 0 Å². The quantitative estimate of drug-likeness (QED) is 0.280. The number of hydrogen-bond donors (Lipinski definition) is 1. The zero-order valence-corrected chi connectivity index (χ0v) is 9.67. The van der Waals surface area contributed by atoms with Crippen LogP contribution in [0.25, 0.3) is 21.2 Å². The summed E-state index contributed by atoms with van der Waals surface area (Å²) in [5.41, 5.74) is 9.00. The van der Waals surface area contributed by atoms with E-state index in [0.717, 1.165) is 16.3 Å². The number of benzene rings is 2. The van der Waals surface area contributed by atoms with Gasteiger partial charge < -0.3 is 5.11 Å². The van der Waals surface area contributed by atoms with Crippen molar-refractivity contribution in [2.75, 3.05) is 6.54 Å². The Labute approximate surface area is 105 Å². The third-order valence-corrected chi connectivity index (χ3v) is 2.52. The summed E-state index contributed by atoms with van der Waals surface area (Å²) in [6.45, 7) is 0.375. The molecule has 2 aromatic carbocycles. The second kappa shape index (κ2) is 5.62. The fourth-order valence-corrected chi connectivity index (χ4v) is 1.70. The lowest BCUT2D eigenvalue weighted by Gasteiger charge is -2.02. The molecule has 0 radical (unpaired) electrons. The van der Waals surface area contributed by atoms with Gasteiger partial charge in [0.25, 0.3) is 0 Å². The van der Waals surface area contributed by atoms with E-state index < -0.39 is 0 Å². The van der Waals surface area contributed by atoms with Gasteiger partial charge in [-0.3, -0.25) is 0 Å². The maximum atomic E-state index is 9.73. The van der Waals surface area contributed by atoms with Gasteiger partial charge in [0, 0.05) is 34.2 Å². The van der Waals surface area contributed by atoms with Crippen LogP contribution in [0.1, 0.15) is 12.0 Å². The summed E-state index contributed by atoms with van der Waals surface area (Å²) in [6.07, 6.45) is 0.527. The minimum atomic E-state index is 0.255. The van der Waals surface area contributed by atoms with E-state index in [1.54, 1.807) is 12.1 Å². The van der Waals surface area contributed by atoms with Gasteiger partial charge in [-0.25, -0.2) is 0 Å². The highest BCUT2D eigenvalue weighted by Gasteiger charge is 2.01. The Morgan fingerprint density at radius 1 is 1.17 bits per heavy atom. The molecule has 0 fully saturated rings. The number of azide groups is 1. The van der Waals surface area contributed by atoms with Gasteiger partial charge in [0.1, 0.15) is 5.75 Å². The van der Waals surface area contributed by atoms with Crippen LogP contribution in [0.4, 0.5) is 0 Å². The molecule has 0 unspecified atom stereocenters. The maximum Gasteiger partial charge on any atom is 0.123 e. The van der Waals surface area contributed by atoms with Crippen LogP contribution < -0.4 is 0 Å². The van der Waals surface area contributed by atoms with E-state index in [1.807, 2.05) is 24.3 Å². The summed E-state index contributed by atoms with van der Waals surface area (Å²) in [7, 11) is 0. The van der Waals surface area contributed by atoms with Crippen LogP contribution in [-0.2, 0) is 0 Å². The van der Waals surface area contributed by atoms with Gasteiger partial charge in [0.05, 0.1) is 0 Å². The van der Waals surface area contributed by atoms with Crippen molar-refractivity contribution < 1.29 is 5.11 Å². The molecule has 0 saturated carbocycles. The summed E-state index contributed by atoms with van der Waals surface area (Å²) in [4.78, 5) is 2.67. The van der Waals surface area contributed by atoms with Crippen LogP contribution in [-0.4, -0.2) is 11.7 Å². The largest absolute Gasteiger partial charge is 0.507 e. The van der Waals surface area contributed by atoms with Gasteiger partial charge in [0.2, 0.25) is 0 Å². The summed E-state index contributed by atoms with van der Waals surface area (Å²) in [5.74, 6) is 6.24. The number of phenolic OH excluding ortho intramolecular Hbond substituents is 1. The van der Waals surface area contributed by atoms with Crippen molar-refractivity contribution in [3.8, 4) is 17.6 Å². The Morgan fingerprint density at radius 2 is 1.94 bits per heavy atom. The molecule has 4 heteroatoms. The average Bonchev–Trinajstić information content (AvgIpc) is 2.41. The van der Waals surface area contributed by atoms with Crippen molar-refractivity contribution >= 4 is 10.8 Å². The Hall–Kier alpha value is -2.63. The fourth-order valence-electron chi connectivity index (χ4n) is 1.70. The van der Waals surface area contributed by atoms with Crippen LogP contribution in [0.15, 0.2) is 41.5 Å². The Bertz CT molecular complexity index is 676. The normalized spacial score (nSPS) is 9.33. The zero-order chi connectivity index (χ0) is 12.8. The van der Waals surface area contributed by atoms with Gasteiger partial charge in [0.15, 0.2) is 0 Å². The molecule has 18 heavy (non-hydrogen) atoms. The van der Waals surface area contributed by atoms with Gasteiger partial charge in [-0.1, -0.05) is 41.2 Å². The fraction of sp³-hybridized carbons (Fsp3) is 0.143. The number of aromatic hydroxyl groups is 1. The molecule has 0 aliphatic carbocycles. The number of rotatable bonds is 2. The lowest BCUT2D eigenvalue weighted by Crippen LogP contribution is -1.81. The molecular weight excluding hydrogens is 226 g/mol. The number of nitrogens with zero attached hydrogens (tertiary/aromatic N) is 3. The average molecular weight is 237 g/mol. The molecule has 4 nitrogen and oxygen atoms in total. The van der Waals surface area contributed by atoms with E-state index >= 15 is 0 Å². The first-order valence-electron chi connectivity index (χ1n) is 5.53. The molecule has 88 valence electrons. The van der Waals surface area contributed by atoms with Crippen molar-refractivity contribution in [2.24, 2.45) is 5.11 Å². The molecule has 0 atom stereocenters. The number of phenols is 1. The number of hydrogen-bond acceptors (Lipinski definition) is 2. The topological polar surface area (TPSA) is 69.0 Å². The second-order valence-corrected chi connectivity index (χ2v) is 3.68. The van der Waals surface area contributed by atoms with Gasteiger partial charge >= 0.3 is 0 Å². The molecule has 2 rings (SSSR count). The predicted molar refractivity (Wildman–Crippen MR) is 71.1 cm³/mol. The van der Waals surface area contributed by atoms with Gasteiger partial charge in [-0.2, -0.15) is 0 Å². The summed E-state index contributed by atoms with van der Waals surface area (Å²) in [5, 5.41) is 14.9. The van der Waals surface area contributed by atoms with Crippen LogP contribution in [0.3, 0.4) is 0 Å². The first-order chi connectivity index (χ1) is 8.83. The van der Waals surface area contributed by atoms with Crippen LogP contribution >= 0.6 is 0 Å². The monoisotopic (exact) mass is 237 g/mol. The Balaban J connectivity index is 2.34. The van der Waals surface area contributed by atoms with Crippen molar-refractivity contribution in [3.05, 3.63) is 52.4 Å². The SMILES string of the molecule is [N-]=[N+]=NCCC#Cc1ccc(O)c2ccccc12. The Kier molecular flexibility index (Phi) is 3.70. The van der Waals surface area contributed by atoms with Gasteiger partial charge in [-0.15, -0.1) is 0 Å². The van der Waals surface area contributed by atoms with Crippen molar-refractivity contribution in [1.82, 2.24) is 0 Å². The highest BCUT2D eigenvalue weighted by Crippen LogP contribution is 2.26. The molecule has 0 amide bonds.